The van der Waals surface area contributed by atoms with Crippen molar-refractivity contribution in [2.24, 2.45) is 0 Å². The molecular weight excluding hydrogens is 529 g/mol. The van der Waals surface area contributed by atoms with E-state index in [9.17, 15) is 4.79 Å². The minimum absolute atomic E-state index is 0. The molecule has 0 bridgehead atoms. The summed E-state index contributed by atoms with van der Waals surface area (Å²) in [5.41, 5.74) is 0.934. The summed E-state index contributed by atoms with van der Waals surface area (Å²) in [6.07, 6.45) is 3.60. The second-order valence-electron chi connectivity index (χ2n) is 9.96. The number of esters is 1. The van der Waals surface area contributed by atoms with Crippen LogP contribution in [0.2, 0.25) is 0 Å². The maximum Gasteiger partial charge on any atom is 0.306 e. The molecule has 0 aliphatic heterocycles. The Labute approximate surface area is 230 Å². The molecule has 0 radical (unpaired) electrons. The third-order valence-electron chi connectivity index (χ3n) is 5.52. The van der Waals surface area contributed by atoms with Crippen LogP contribution in [0.3, 0.4) is 0 Å². The van der Waals surface area contributed by atoms with Crippen molar-refractivity contribution >= 4 is 24.5 Å². The van der Waals surface area contributed by atoms with Crippen LogP contribution < -0.4 is 27.6 Å². The van der Waals surface area contributed by atoms with E-state index >= 15 is 0 Å². The normalized spacial score (nSPS) is 10.9. The minimum atomic E-state index is -0.774. The zero-order valence-electron chi connectivity index (χ0n) is 22.5. The first-order chi connectivity index (χ1) is 16.7. The van der Waals surface area contributed by atoms with Gasteiger partial charge in [0.25, 0.3) is 0 Å². The number of ether oxygens (including phenoxy) is 1. The first-order valence-corrected chi connectivity index (χ1v) is 14.3. The van der Waals surface area contributed by atoms with Gasteiger partial charge in [0.15, 0.2) is 0 Å². The number of benzene rings is 3. The Morgan fingerprint density at radius 1 is 0.778 bits per heavy atom. The molecule has 0 saturated carbocycles. The van der Waals surface area contributed by atoms with Crippen molar-refractivity contribution in [3.63, 3.8) is 0 Å². The van der Waals surface area contributed by atoms with E-state index in [0.29, 0.717) is 6.42 Å². The lowest BCUT2D eigenvalue weighted by Crippen LogP contribution is -3.00. The number of rotatable bonds is 10. The van der Waals surface area contributed by atoms with E-state index in [0.717, 1.165) is 25.9 Å². The van der Waals surface area contributed by atoms with Crippen molar-refractivity contribution in [2.75, 3.05) is 26.3 Å². The topological polar surface area (TPSA) is 29.5 Å². The van der Waals surface area contributed by atoms with Gasteiger partial charge in [0.1, 0.15) is 5.60 Å². The zero-order chi connectivity index (χ0) is 25.5. The van der Waals surface area contributed by atoms with Crippen molar-refractivity contribution in [3.05, 3.63) is 96.6 Å². The van der Waals surface area contributed by atoms with E-state index in [2.05, 4.69) is 91.7 Å². The van der Waals surface area contributed by atoms with Gasteiger partial charge in [-0.05, 0) is 78.4 Å². The van der Waals surface area contributed by atoms with Crippen LogP contribution >= 0.6 is 7.92 Å². The maximum absolute atomic E-state index is 11.8. The Morgan fingerprint density at radius 2 is 1.25 bits per heavy atom. The van der Waals surface area contributed by atoms with Gasteiger partial charge in [-0.15, -0.1) is 0 Å². The largest absolute Gasteiger partial charge is 1.00 e. The summed E-state index contributed by atoms with van der Waals surface area (Å²) in [5, 5.41) is 2.94. The third-order valence-corrected chi connectivity index (χ3v) is 8.30. The standard InChI is InChI=1S/C24H34NO2P.C7H8.BrH/c1-24(2,3)27-23(26)17-11-12-18-25(4)19-20-28(21-13-7-5-8-14-21)22-15-9-6-10-16-22;1-7-5-3-2-4-6-7;/h5-10,13-16H,11-12,17-20H2,1-4H3;2-6H,1H3;1H. The van der Waals surface area contributed by atoms with Crippen LogP contribution in [0, 0.1) is 6.92 Å². The van der Waals surface area contributed by atoms with E-state index in [1.165, 1.54) is 22.3 Å². The van der Waals surface area contributed by atoms with E-state index in [1.54, 1.807) is 0 Å². The average Bonchev–Trinajstić information content (AvgIpc) is 2.83. The van der Waals surface area contributed by atoms with E-state index < -0.39 is 7.92 Å². The van der Waals surface area contributed by atoms with Crippen LogP contribution in [0.25, 0.3) is 0 Å². The summed E-state index contributed by atoms with van der Waals surface area (Å²) in [6, 6.07) is 32.1. The summed E-state index contributed by atoms with van der Waals surface area (Å²) in [5.74, 6) is -0.0891. The van der Waals surface area contributed by atoms with E-state index in [-0.39, 0.29) is 28.6 Å². The first-order valence-electron chi connectivity index (χ1n) is 12.6. The number of hydrogen-bond donors (Lipinski definition) is 0. The molecule has 196 valence electrons. The lowest BCUT2D eigenvalue weighted by Gasteiger charge is -2.20. The van der Waals surface area contributed by atoms with Crippen molar-refractivity contribution in [1.29, 1.82) is 0 Å². The average molecular weight is 573 g/mol. The summed E-state index contributed by atoms with van der Waals surface area (Å²) >= 11 is 0. The molecule has 36 heavy (non-hydrogen) atoms. The number of carbonyl (C=O) groups excluding carboxylic acids is 1. The molecule has 0 heterocycles. The van der Waals surface area contributed by atoms with E-state index in [4.69, 9.17) is 4.74 Å². The number of halogens is 1. The van der Waals surface area contributed by atoms with Crippen LogP contribution in [0.1, 0.15) is 45.6 Å². The predicted octanol–water partition coefficient (Wildman–Crippen LogP) is 3.29. The number of aryl methyl sites for hydroxylation is 1. The van der Waals surface area contributed by atoms with Gasteiger partial charge in [-0.1, -0.05) is 72.3 Å². The number of hydrogen-bond acceptors (Lipinski definition) is 3. The molecule has 0 spiro atoms. The highest BCUT2D eigenvalue weighted by Crippen LogP contribution is 2.33. The molecule has 0 aliphatic rings. The van der Waals surface area contributed by atoms with Gasteiger partial charge in [0.05, 0.1) is 24.7 Å². The molecule has 0 N–H and O–H groups in total. The minimum Gasteiger partial charge on any atom is -1.00 e. The Morgan fingerprint density at radius 3 is 1.67 bits per heavy atom. The van der Waals surface area contributed by atoms with Gasteiger partial charge in [-0.25, -0.2) is 0 Å². The molecule has 0 saturated heterocycles. The van der Waals surface area contributed by atoms with Gasteiger partial charge in [-0.2, -0.15) is 0 Å². The van der Waals surface area contributed by atoms with E-state index in [1.807, 2.05) is 39.0 Å². The van der Waals surface area contributed by atoms with Crippen molar-refractivity contribution in [1.82, 2.24) is 4.90 Å². The summed E-state index contributed by atoms with van der Waals surface area (Å²) < 4.78 is 5.37. The smallest absolute Gasteiger partial charge is 0.306 e. The number of nitrogens with zero attached hydrogens (tertiary/aromatic N) is 1. The summed E-state index contributed by atoms with van der Waals surface area (Å²) in [4.78, 5) is 14.2. The van der Waals surface area contributed by atoms with Crippen LogP contribution in [-0.4, -0.2) is 42.8 Å². The van der Waals surface area contributed by atoms with Crippen LogP contribution in [-0.2, 0) is 9.53 Å². The molecule has 0 amide bonds. The predicted molar refractivity (Wildman–Crippen MR) is 154 cm³/mol. The third kappa shape index (κ3) is 13.9. The zero-order valence-corrected chi connectivity index (χ0v) is 25.1. The molecule has 0 atom stereocenters. The van der Waals surface area contributed by atoms with Crippen molar-refractivity contribution in [2.45, 2.75) is 52.6 Å². The number of carbonyl (C=O) groups is 1. The molecule has 0 fully saturated rings. The highest BCUT2D eigenvalue weighted by Gasteiger charge is 2.22. The Bertz CT molecular complexity index is 923. The van der Waals surface area contributed by atoms with Gasteiger partial charge in [-0.3, -0.25) is 4.79 Å². The molecular formula is C31H43BrNO2P. The fourth-order valence-electron chi connectivity index (χ4n) is 3.73. The quantitative estimate of drug-likeness (QED) is 0.212. The second-order valence-corrected chi connectivity index (χ2v) is 12.6. The van der Waals surface area contributed by atoms with Crippen molar-refractivity contribution in [3.8, 4) is 0 Å². The molecule has 0 aromatic heterocycles. The molecule has 3 nitrogen and oxygen atoms in total. The fraction of sp³-hybridized carbons (Fsp3) is 0.387. The van der Waals surface area contributed by atoms with Gasteiger partial charge in [0, 0.05) is 13.0 Å². The lowest BCUT2D eigenvalue weighted by molar-refractivity contribution is -0.154. The van der Waals surface area contributed by atoms with Crippen LogP contribution in [0.15, 0.2) is 91.0 Å². The lowest BCUT2D eigenvalue weighted by atomic mass is 10.2. The summed E-state index contributed by atoms with van der Waals surface area (Å²) in [7, 11) is 1.41. The SMILES string of the molecule is CN(CCCCC(=O)OC(C)(C)C)CC[PH+](c1ccccc1)c1ccccc1.Cc1ccccc1.[Br-]. The Balaban J connectivity index is 0.000000696. The first kappa shape index (κ1) is 32.0. The highest BCUT2D eigenvalue weighted by atomic mass is 79.9. The monoisotopic (exact) mass is 571 g/mol. The highest BCUT2D eigenvalue weighted by molar-refractivity contribution is 7.73. The second kappa shape index (κ2) is 17.5. The maximum atomic E-state index is 11.8. The summed E-state index contributed by atoms with van der Waals surface area (Å²) in [6.45, 7) is 9.91. The molecule has 3 aromatic carbocycles. The van der Waals surface area contributed by atoms with Crippen LogP contribution in [0.5, 0.6) is 0 Å². The molecule has 3 rings (SSSR count). The molecule has 0 aliphatic carbocycles. The van der Waals surface area contributed by atoms with Crippen molar-refractivity contribution < 1.29 is 26.5 Å². The molecule has 5 heteroatoms. The fourth-order valence-corrected chi connectivity index (χ4v) is 6.43. The Hall–Kier alpha value is -2.00. The molecule has 0 unspecified atom stereocenters. The molecule has 3 aromatic rings. The number of unbranched alkanes of at least 4 members (excludes halogenated alkanes) is 1. The van der Waals surface area contributed by atoms with Gasteiger partial charge in [0.2, 0.25) is 0 Å². The van der Waals surface area contributed by atoms with Gasteiger partial charge >= 0.3 is 5.97 Å². The Kier molecular flexibility index (Phi) is 15.5. The van der Waals surface area contributed by atoms with Gasteiger partial charge < -0.3 is 26.6 Å². The van der Waals surface area contributed by atoms with Crippen LogP contribution in [0.4, 0.5) is 0 Å².